The van der Waals surface area contributed by atoms with Crippen LogP contribution in [0.1, 0.15) is 27.9 Å². The third kappa shape index (κ3) is 3.04. The Labute approximate surface area is 130 Å². The lowest BCUT2D eigenvalue weighted by molar-refractivity contribution is 0.103. The minimum Gasteiger partial charge on any atom is -0.299 e. The number of rotatable bonds is 5. The lowest BCUT2D eigenvalue weighted by atomic mass is 9.97. The summed E-state index contributed by atoms with van der Waals surface area (Å²) in [5, 5.41) is 0. The molecule has 3 rings (SSSR count). The Morgan fingerprint density at radius 2 is 1.71 bits per heavy atom. The molecule has 0 radical (unpaired) electrons. The van der Waals surface area contributed by atoms with Crippen LogP contribution in [0.5, 0.6) is 0 Å². The maximum absolute atomic E-state index is 12.9. The highest BCUT2D eigenvalue weighted by atomic mass is 32.2. The fourth-order valence-electron chi connectivity index (χ4n) is 2.64. The van der Waals surface area contributed by atoms with Gasteiger partial charge in [0, 0.05) is 22.6 Å². The van der Waals surface area contributed by atoms with Crippen molar-refractivity contribution in [1.82, 2.24) is 4.90 Å². The molecule has 2 aromatic carbocycles. The van der Waals surface area contributed by atoms with Crippen LogP contribution in [0, 0.1) is 0 Å². The molecule has 21 heavy (non-hydrogen) atoms. The van der Waals surface area contributed by atoms with E-state index in [4.69, 9.17) is 0 Å². The maximum atomic E-state index is 12.9. The molecule has 1 saturated heterocycles. The number of hydrogen-bond donors (Lipinski definition) is 0. The van der Waals surface area contributed by atoms with E-state index in [1.165, 1.54) is 6.42 Å². The Bertz CT molecular complexity index is 649. The van der Waals surface area contributed by atoms with Crippen LogP contribution in [0.25, 0.3) is 0 Å². The second-order valence-corrected chi connectivity index (χ2v) is 6.16. The average molecular weight is 297 g/mol. The quantitative estimate of drug-likeness (QED) is 0.617. The average Bonchev–Trinajstić information content (AvgIpc) is 2.50. The molecule has 0 saturated carbocycles. The van der Waals surface area contributed by atoms with Gasteiger partial charge in [-0.2, -0.15) is 0 Å². The summed E-state index contributed by atoms with van der Waals surface area (Å²) >= 11 is 1.62. The molecule has 2 nitrogen and oxygen atoms in total. The lowest BCUT2D eigenvalue weighted by Gasteiger charge is -2.31. The summed E-state index contributed by atoms with van der Waals surface area (Å²) in [6.45, 7) is 3.16. The Kier molecular flexibility index (Phi) is 4.42. The molecule has 0 bridgehead atoms. The van der Waals surface area contributed by atoms with Crippen LogP contribution in [-0.4, -0.2) is 30.0 Å². The van der Waals surface area contributed by atoms with E-state index in [1.54, 1.807) is 11.8 Å². The van der Waals surface area contributed by atoms with Crippen molar-refractivity contribution < 1.29 is 4.79 Å². The molecule has 0 aromatic heterocycles. The molecular weight excluding hydrogens is 278 g/mol. The third-order valence-electron chi connectivity index (χ3n) is 3.96. The smallest absolute Gasteiger partial charge is 0.194 e. The first kappa shape index (κ1) is 14.4. The van der Waals surface area contributed by atoms with Crippen molar-refractivity contribution in [3.63, 3.8) is 0 Å². The third-order valence-corrected chi connectivity index (χ3v) is 4.75. The van der Waals surface area contributed by atoms with E-state index in [0.717, 1.165) is 41.2 Å². The van der Waals surface area contributed by atoms with Crippen molar-refractivity contribution in [1.29, 1.82) is 0 Å². The van der Waals surface area contributed by atoms with Gasteiger partial charge in [-0.1, -0.05) is 36.4 Å². The van der Waals surface area contributed by atoms with Crippen molar-refractivity contribution in [3.8, 4) is 0 Å². The van der Waals surface area contributed by atoms with E-state index in [1.807, 2.05) is 48.7 Å². The van der Waals surface area contributed by atoms with Gasteiger partial charge in [-0.15, -0.1) is 11.8 Å². The Balaban J connectivity index is 1.93. The topological polar surface area (TPSA) is 20.3 Å². The number of ketones is 1. The monoisotopic (exact) mass is 297 g/mol. The minimum atomic E-state index is 0.135. The number of benzene rings is 2. The fraction of sp³-hybridized carbons (Fsp3) is 0.278. The first-order chi connectivity index (χ1) is 10.3. The standard InChI is InChI=1S/C18H19NOS/c1-21-17-10-5-4-9-16(17)18(20)15-8-3-2-7-14(15)13-19-11-6-12-19/h2-5,7-10H,6,11-13H2,1H3. The Hall–Kier alpha value is -1.58. The fourth-order valence-corrected chi connectivity index (χ4v) is 3.23. The van der Waals surface area contributed by atoms with E-state index in [-0.39, 0.29) is 5.78 Å². The largest absolute Gasteiger partial charge is 0.299 e. The number of hydrogen-bond acceptors (Lipinski definition) is 3. The molecular formula is C18H19NOS. The molecule has 108 valence electrons. The zero-order valence-electron chi connectivity index (χ0n) is 12.2. The van der Waals surface area contributed by atoms with Crippen LogP contribution in [0.4, 0.5) is 0 Å². The molecule has 0 aliphatic carbocycles. The number of nitrogens with zero attached hydrogens (tertiary/aromatic N) is 1. The molecule has 0 atom stereocenters. The number of thioether (sulfide) groups is 1. The number of carbonyl (C=O) groups is 1. The highest BCUT2D eigenvalue weighted by molar-refractivity contribution is 7.98. The van der Waals surface area contributed by atoms with E-state index in [0.29, 0.717) is 0 Å². The van der Waals surface area contributed by atoms with Gasteiger partial charge >= 0.3 is 0 Å². The van der Waals surface area contributed by atoms with Crippen molar-refractivity contribution in [2.75, 3.05) is 19.3 Å². The lowest BCUT2D eigenvalue weighted by Crippen LogP contribution is -2.36. The highest BCUT2D eigenvalue weighted by Crippen LogP contribution is 2.25. The molecule has 0 spiro atoms. The summed E-state index contributed by atoms with van der Waals surface area (Å²) in [5.41, 5.74) is 2.78. The summed E-state index contributed by atoms with van der Waals surface area (Å²) in [6.07, 6.45) is 3.28. The second-order valence-electron chi connectivity index (χ2n) is 5.32. The summed E-state index contributed by atoms with van der Waals surface area (Å²) in [4.78, 5) is 16.3. The van der Waals surface area contributed by atoms with Crippen LogP contribution in [-0.2, 0) is 6.54 Å². The summed E-state index contributed by atoms with van der Waals surface area (Å²) in [6, 6.07) is 15.9. The van der Waals surface area contributed by atoms with Gasteiger partial charge in [0.1, 0.15) is 0 Å². The van der Waals surface area contributed by atoms with E-state index >= 15 is 0 Å². The SMILES string of the molecule is CSc1ccccc1C(=O)c1ccccc1CN1CCC1. The van der Waals surface area contributed by atoms with Gasteiger partial charge in [-0.05, 0) is 43.5 Å². The zero-order valence-corrected chi connectivity index (χ0v) is 13.0. The van der Waals surface area contributed by atoms with E-state index < -0.39 is 0 Å². The molecule has 1 aliphatic heterocycles. The van der Waals surface area contributed by atoms with Gasteiger partial charge in [0.25, 0.3) is 0 Å². The van der Waals surface area contributed by atoms with Crippen LogP contribution >= 0.6 is 11.8 Å². The number of carbonyl (C=O) groups excluding carboxylic acids is 1. The molecule has 0 amide bonds. The predicted molar refractivity (Wildman–Crippen MR) is 88.0 cm³/mol. The minimum absolute atomic E-state index is 0.135. The summed E-state index contributed by atoms with van der Waals surface area (Å²) in [5.74, 6) is 0.135. The van der Waals surface area contributed by atoms with E-state index in [2.05, 4.69) is 11.0 Å². The Morgan fingerprint density at radius 1 is 1.05 bits per heavy atom. The van der Waals surface area contributed by atoms with Gasteiger partial charge in [0.15, 0.2) is 5.78 Å². The van der Waals surface area contributed by atoms with Crippen LogP contribution in [0.2, 0.25) is 0 Å². The normalized spacial score (nSPS) is 14.7. The van der Waals surface area contributed by atoms with E-state index in [9.17, 15) is 4.79 Å². The first-order valence-electron chi connectivity index (χ1n) is 7.27. The molecule has 3 heteroatoms. The maximum Gasteiger partial charge on any atom is 0.194 e. The van der Waals surface area contributed by atoms with Crippen molar-refractivity contribution in [2.45, 2.75) is 17.9 Å². The van der Waals surface area contributed by atoms with Gasteiger partial charge in [-0.3, -0.25) is 9.69 Å². The van der Waals surface area contributed by atoms with Crippen molar-refractivity contribution in [2.24, 2.45) is 0 Å². The van der Waals surface area contributed by atoms with Crippen LogP contribution in [0.3, 0.4) is 0 Å². The first-order valence-corrected chi connectivity index (χ1v) is 8.50. The molecule has 0 N–H and O–H groups in total. The highest BCUT2D eigenvalue weighted by Gasteiger charge is 2.19. The van der Waals surface area contributed by atoms with Gasteiger partial charge in [0.05, 0.1) is 0 Å². The van der Waals surface area contributed by atoms with Gasteiger partial charge < -0.3 is 0 Å². The molecule has 2 aromatic rings. The van der Waals surface area contributed by atoms with Gasteiger partial charge in [0.2, 0.25) is 0 Å². The zero-order chi connectivity index (χ0) is 14.7. The van der Waals surface area contributed by atoms with Gasteiger partial charge in [-0.25, -0.2) is 0 Å². The summed E-state index contributed by atoms with van der Waals surface area (Å²) < 4.78 is 0. The molecule has 1 fully saturated rings. The predicted octanol–water partition coefficient (Wildman–Crippen LogP) is 3.85. The molecule has 1 aliphatic rings. The van der Waals surface area contributed by atoms with Crippen LogP contribution in [0.15, 0.2) is 53.4 Å². The second kappa shape index (κ2) is 6.46. The molecule has 1 heterocycles. The Morgan fingerprint density at radius 3 is 2.38 bits per heavy atom. The van der Waals surface area contributed by atoms with Crippen molar-refractivity contribution in [3.05, 3.63) is 65.2 Å². The number of likely N-dealkylation sites (tertiary alicyclic amines) is 1. The van der Waals surface area contributed by atoms with Crippen LogP contribution < -0.4 is 0 Å². The summed E-state index contributed by atoms with van der Waals surface area (Å²) in [7, 11) is 0. The van der Waals surface area contributed by atoms with Crippen molar-refractivity contribution >= 4 is 17.5 Å². The molecule has 0 unspecified atom stereocenters.